The second kappa shape index (κ2) is 5.14. The van der Waals surface area contributed by atoms with E-state index in [0.717, 1.165) is 18.5 Å². The molecule has 2 N–H and O–H groups in total. The Labute approximate surface area is 95.7 Å². The summed E-state index contributed by atoms with van der Waals surface area (Å²) in [5.41, 5.74) is 6.50. The average molecular weight is 227 g/mol. The van der Waals surface area contributed by atoms with Crippen LogP contribution >= 0.6 is 12.4 Å². The van der Waals surface area contributed by atoms with Gasteiger partial charge in [-0.05, 0) is 18.6 Å². The molecule has 0 unspecified atom stereocenters. The number of carbonyl (C=O) groups is 1. The molecule has 3 nitrogen and oxygen atoms in total. The molecule has 0 aliphatic carbocycles. The Morgan fingerprint density at radius 1 is 1.33 bits per heavy atom. The van der Waals surface area contributed by atoms with Gasteiger partial charge < -0.3 is 10.6 Å². The van der Waals surface area contributed by atoms with Crippen LogP contribution in [0.5, 0.6) is 0 Å². The largest absolute Gasteiger partial charge is 0.337 e. The Bertz CT molecular complexity index is 329. The van der Waals surface area contributed by atoms with Gasteiger partial charge in [0.15, 0.2) is 0 Å². The summed E-state index contributed by atoms with van der Waals surface area (Å²) in [7, 11) is 0. The molecule has 0 aromatic heterocycles. The molecule has 0 bridgehead atoms. The van der Waals surface area contributed by atoms with Crippen molar-refractivity contribution in [1.82, 2.24) is 4.90 Å². The molecular weight excluding hydrogens is 212 g/mol. The van der Waals surface area contributed by atoms with Crippen LogP contribution in [0.25, 0.3) is 0 Å². The van der Waals surface area contributed by atoms with Crippen LogP contribution in [0.4, 0.5) is 0 Å². The van der Waals surface area contributed by atoms with E-state index >= 15 is 0 Å². The molecule has 1 atom stereocenters. The molecule has 1 aliphatic heterocycles. The summed E-state index contributed by atoms with van der Waals surface area (Å²) in [6, 6.07) is 9.50. The Hall–Kier alpha value is -1.06. The normalized spacial score (nSPS) is 19.8. The number of nitrogens with zero attached hydrogens (tertiary/aromatic N) is 1. The van der Waals surface area contributed by atoms with Gasteiger partial charge in [-0.1, -0.05) is 18.2 Å². The topological polar surface area (TPSA) is 46.3 Å². The molecular formula is C11H15ClN2O. The van der Waals surface area contributed by atoms with Gasteiger partial charge in [-0.15, -0.1) is 12.4 Å². The van der Waals surface area contributed by atoms with E-state index in [4.69, 9.17) is 5.73 Å². The molecule has 1 amide bonds. The number of hydrogen-bond acceptors (Lipinski definition) is 2. The van der Waals surface area contributed by atoms with Crippen LogP contribution in [0.1, 0.15) is 16.8 Å². The lowest BCUT2D eigenvalue weighted by atomic mass is 10.2. The minimum absolute atomic E-state index is 0. The maximum absolute atomic E-state index is 11.9. The van der Waals surface area contributed by atoms with Gasteiger partial charge >= 0.3 is 0 Å². The molecule has 1 aromatic rings. The van der Waals surface area contributed by atoms with E-state index in [2.05, 4.69) is 0 Å². The zero-order valence-electron chi connectivity index (χ0n) is 8.43. The highest BCUT2D eigenvalue weighted by atomic mass is 35.5. The van der Waals surface area contributed by atoms with Crippen molar-refractivity contribution in [2.75, 3.05) is 13.1 Å². The molecule has 15 heavy (non-hydrogen) atoms. The van der Waals surface area contributed by atoms with Crippen LogP contribution in [0.15, 0.2) is 30.3 Å². The summed E-state index contributed by atoms with van der Waals surface area (Å²) in [6.07, 6.45) is 0.915. The number of nitrogens with two attached hydrogens (primary N) is 1. The van der Waals surface area contributed by atoms with Crippen LogP contribution in [0, 0.1) is 0 Å². The highest BCUT2D eigenvalue weighted by molar-refractivity contribution is 5.94. The smallest absolute Gasteiger partial charge is 0.253 e. The number of hydrogen-bond donors (Lipinski definition) is 1. The molecule has 0 saturated carbocycles. The third-order valence-electron chi connectivity index (χ3n) is 2.53. The third kappa shape index (κ3) is 2.70. The molecule has 2 rings (SSSR count). The second-order valence-electron chi connectivity index (χ2n) is 3.67. The van der Waals surface area contributed by atoms with Gasteiger partial charge in [0.1, 0.15) is 0 Å². The highest BCUT2D eigenvalue weighted by Crippen LogP contribution is 2.11. The number of halogens is 1. The molecule has 1 aromatic carbocycles. The van der Waals surface area contributed by atoms with Crippen molar-refractivity contribution < 1.29 is 4.79 Å². The maximum atomic E-state index is 11.9. The highest BCUT2D eigenvalue weighted by Gasteiger charge is 2.23. The zero-order chi connectivity index (χ0) is 9.97. The number of carbonyl (C=O) groups excluding carboxylic acids is 1. The summed E-state index contributed by atoms with van der Waals surface area (Å²) in [5.74, 6) is 0.0959. The first kappa shape index (κ1) is 12.0. The number of amides is 1. The zero-order valence-corrected chi connectivity index (χ0v) is 9.24. The van der Waals surface area contributed by atoms with E-state index in [1.54, 1.807) is 0 Å². The van der Waals surface area contributed by atoms with Crippen LogP contribution in [-0.4, -0.2) is 29.9 Å². The first-order valence-electron chi connectivity index (χ1n) is 4.87. The summed E-state index contributed by atoms with van der Waals surface area (Å²) in [6.45, 7) is 1.47. The van der Waals surface area contributed by atoms with Crippen molar-refractivity contribution in [3.8, 4) is 0 Å². The first-order valence-corrected chi connectivity index (χ1v) is 4.87. The predicted molar refractivity (Wildman–Crippen MR) is 62.2 cm³/mol. The standard InChI is InChI=1S/C11H14N2O.ClH/c12-10-6-7-13(8-10)11(14)9-4-2-1-3-5-9;/h1-5,10H,6-8,12H2;1H/t10-;/m0./s1. The molecule has 4 heteroatoms. The first-order chi connectivity index (χ1) is 6.77. The minimum Gasteiger partial charge on any atom is -0.337 e. The van der Waals surface area contributed by atoms with Gasteiger partial charge in [-0.3, -0.25) is 4.79 Å². The van der Waals surface area contributed by atoms with Crippen molar-refractivity contribution in [3.63, 3.8) is 0 Å². The van der Waals surface area contributed by atoms with Crippen molar-refractivity contribution in [2.24, 2.45) is 5.73 Å². The molecule has 82 valence electrons. The number of benzene rings is 1. The molecule has 1 heterocycles. The van der Waals surface area contributed by atoms with Crippen molar-refractivity contribution in [2.45, 2.75) is 12.5 Å². The van der Waals surface area contributed by atoms with E-state index in [1.165, 1.54) is 0 Å². The van der Waals surface area contributed by atoms with Gasteiger partial charge in [0.05, 0.1) is 0 Å². The monoisotopic (exact) mass is 226 g/mol. The van der Waals surface area contributed by atoms with E-state index in [1.807, 2.05) is 35.2 Å². The van der Waals surface area contributed by atoms with E-state index in [-0.39, 0.29) is 24.4 Å². The van der Waals surface area contributed by atoms with Gasteiger partial charge in [0.2, 0.25) is 0 Å². The molecule has 0 radical (unpaired) electrons. The van der Waals surface area contributed by atoms with Crippen molar-refractivity contribution in [1.29, 1.82) is 0 Å². The molecule has 1 aliphatic rings. The van der Waals surface area contributed by atoms with Gasteiger partial charge in [-0.25, -0.2) is 0 Å². The van der Waals surface area contributed by atoms with Crippen LogP contribution in [0.3, 0.4) is 0 Å². The van der Waals surface area contributed by atoms with Crippen LogP contribution in [-0.2, 0) is 0 Å². The number of likely N-dealkylation sites (tertiary alicyclic amines) is 1. The fourth-order valence-electron chi connectivity index (χ4n) is 1.74. The van der Waals surface area contributed by atoms with E-state index in [9.17, 15) is 4.79 Å². The van der Waals surface area contributed by atoms with E-state index < -0.39 is 0 Å². The van der Waals surface area contributed by atoms with Crippen LogP contribution in [0.2, 0.25) is 0 Å². The lowest BCUT2D eigenvalue weighted by Crippen LogP contribution is -2.31. The Balaban J connectivity index is 0.00000112. The lowest BCUT2D eigenvalue weighted by molar-refractivity contribution is 0.0791. The fourth-order valence-corrected chi connectivity index (χ4v) is 1.74. The Kier molecular flexibility index (Phi) is 4.12. The lowest BCUT2D eigenvalue weighted by Gasteiger charge is -2.15. The number of rotatable bonds is 1. The SMILES string of the molecule is Cl.N[C@H]1CCN(C(=O)c2ccccc2)C1. The molecule has 0 spiro atoms. The summed E-state index contributed by atoms with van der Waals surface area (Å²) < 4.78 is 0. The second-order valence-corrected chi connectivity index (χ2v) is 3.67. The van der Waals surface area contributed by atoms with E-state index in [0.29, 0.717) is 6.54 Å². The van der Waals surface area contributed by atoms with Crippen molar-refractivity contribution >= 4 is 18.3 Å². The average Bonchev–Trinajstić information content (AvgIpc) is 2.65. The maximum Gasteiger partial charge on any atom is 0.253 e. The Morgan fingerprint density at radius 2 is 2.00 bits per heavy atom. The predicted octanol–water partition coefficient (Wildman–Crippen LogP) is 1.28. The summed E-state index contributed by atoms with van der Waals surface area (Å²) >= 11 is 0. The quantitative estimate of drug-likeness (QED) is 0.784. The van der Waals surface area contributed by atoms with Crippen molar-refractivity contribution in [3.05, 3.63) is 35.9 Å². The van der Waals surface area contributed by atoms with Gasteiger partial charge in [-0.2, -0.15) is 0 Å². The minimum atomic E-state index is 0. The fraction of sp³-hybridized carbons (Fsp3) is 0.364. The summed E-state index contributed by atoms with van der Waals surface area (Å²) in [4.78, 5) is 13.7. The van der Waals surface area contributed by atoms with Crippen LogP contribution < -0.4 is 5.73 Å². The van der Waals surface area contributed by atoms with Gasteiger partial charge in [0, 0.05) is 24.7 Å². The van der Waals surface area contributed by atoms with Gasteiger partial charge in [0.25, 0.3) is 5.91 Å². The molecule has 1 saturated heterocycles. The third-order valence-corrected chi connectivity index (χ3v) is 2.53. The molecule has 1 fully saturated rings. The summed E-state index contributed by atoms with van der Waals surface area (Å²) in [5, 5.41) is 0. The Morgan fingerprint density at radius 3 is 2.53 bits per heavy atom.